The van der Waals surface area contributed by atoms with Gasteiger partial charge in [-0.05, 0) is 24.6 Å². The lowest BCUT2D eigenvalue weighted by atomic mass is 10.2. The standard InChI is InChI=1S/C12H16N4O2/c1-8-3-4-14-10(5-8)12-15-11(18-16-12)6-9(13)7-17-2/h3-5,9H,6-7,13H2,1-2H3. The molecule has 2 N–H and O–H groups in total. The molecular weight excluding hydrogens is 232 g/mol. The third-order valence-corrected chi connectivity index (χ3v) is 2.43. The van der Waals surface area contributed by atoms with Crippen LogP contribution in [0.2, 0.25) is 0 Å². The van der Waals surface area contributed by atoms with Crippen molar-refractivity contribution in [3.8, 4) is 11.5 Å². The number of nitrogens with two attached hydrogens (primary N) is 1. The summed E-state index contributed by atoms with van der Waals surface area (Å²) >= 11 is 0. The molecule has 1 unspecified atom stereocenters. The van der Waals surface area contributed by atoms with Gasteiger partial charge in [0.25, 0.3) is 0 Å². The SMILES string of the molecule is COCC(N)Cc1nc(-c2cc(C)ccn2)no1. The Bertz CT molecular complexity index is 512. The molecule has 18 heavy (non-hydrogen) atoms. The molecule has 0 bridgehead atoms. The van der Waals surface area contributed by atoms with Gasteiger partial charge in [-0.3, -0.25) is 4.98 Å². The lowest BCUT2D eigenvalue weighted by Crippen LogP contribution is -2.28. The molecule has 0 aliphatic rings. The Balaban J connectivity index is 2.10. The van der Waals surface area contributed by atoms with E-state index in [1.165, 1.54) is 0 Å². The minimum absolute atomic E-state index is 0.145. The maximum absolute atomic E-state index is 5.82. The lowest BCUT2D eigenvalue weighted by molar-refractivity contribution is 0.176. The summed E-state index contributed by atoms with van der Waals surface area (Å²) in [5.74, 6) is 0.983. The van der Waals surface area contributed by atoms with Crippen LogP contribution < -0.4 is 5.73 Å². The van der Waals surface area contributed by atoms with Crippen molar-refractivity contribution in [3.63, 3.8) is 0 Å². The van der Waals surface area contributed by atoms with Crippen LogP contribution in [-0.4, -0.2) is 34.9 Å². The zero-order chi connectivity index (χ0) is 13.0. The van der Waals surface area contributed by atoms with E-state index in [4.69, 9.17) is 15.0 Å². The number of nitrogens with zero attached hydrogens (tertiary/aromatic N) is 3. The van der Waals surface area contributed by atoms with Crippen molar-refractivity contribution in [2.75, 3.05) is 13.7 Å². The predicted octanol–water partition coefficient (Wildman–Crippen LogP) is 0.956. The van der Waals surface area contributed by atoms with Crippen LogP contribution in [0.1, 0.15) is 11.5 Å². The van der Waals surface area contributed by atoms with E-state index in [2.05, 4.69) is 15.1 Å². The molecule has 96 valence electrons. The molecule has 2 aromatic heterocycles. The van der Waals surface area contributed by atoms with Gasteiger partial charge in [-0.25, -0.2) is 0 Å². The molecule has 0 aliphatic heterocycles. The van der Waals surface area contributed by atoms with E-state index in [0.717, 1.165) is 5.56 Å². The topological polar surface area (TPSA) is 87.1 Å². The highest BCUT2D eigenvalue weighted by Crippen LogP contribution is 2.14. The Hall–Kier alpha value is -1.79. The van der Waals surface area contributed by atoms with Gasteiger partial charge in [-0.15, -0.1) is 0 Å². The lowest BCUT2D eigenvalue weighted by Gasteiger charge is -2.05. The van der Waals surface area contributed by atoms with E-state index in [1.807, 2.05) is 19.1 Å². The molecule has 0 aromatic carbocycles. The molecule has 2 rings (SSSR count). The number of aryl methyl sites for hydroxylation is 1. The summed E-state index contributed by atoms with van der Waals surface area (Å²) < 4.78 is 10.1. The molecule has 2 heterocycles. The largest absolute Gasteiger partial charge is 0.383 e. The summed E-state index contributed by atoms with van der Waals surface area (Å²) in [7, 11) is 1.61. The fraction of sp³-hybridized carbons (Fsp3) is 0.417. The Morgan fingerprint density at radius 1 is 1.50 bits per heavy atom. The molecule has 0 spiro atoms. The number of rotatable bonds is 5. The van der Waals surface area contributed by atoms with E-state index in [0.29, 0.717) is 30.4 Å². The Kier molecular flexibility index (Phi) is 4.01. The van der Waals surface area contributed by atoms with Crippen LogP contribution >= 0.6 is 0 Å². The van der Waals surface area contributed by atoms with Gasteiger partial charge in [-0.2, -0.15) is 4.98 Å². The normalized spacial score (nSPS) is 12.6. The molecule has 0 fully saturated rings. The Labute approximate surface area is 105 Å². The maximum Gasteiger partial charge on any atom is 0.228 e. The molecule has 0 radical (unpaired) electrons. The fourth-order valence-corrected chi connectivity index (χ4v) is 1.60. The van der Waals surface area contributed by atoms with Gasteiger partial charge in [0.1, 0.15) is 5.69 Å². The second-order valence-electron chi connectivity index (χ2n) is 4.15. The quantitative estimate of drug-likeness (QED) is 0.847. The van der Waals surface area contributed by atoms with Crippen molar-refractivity contribution in [3.05, 3.63) is 29.8 Å². The maximum atomic E-state index is 5.82. The van der Waals surface area contributed by atoms with Crippen LogP contribution in [0, 0.1) is 6.92 Å². The van der Waals surface area contributed by atoms with Gasteiger partial charge in [0, 0.05) is 25.8 Å². The van der Waals surface area contributed by atoms with Gasteiger partial charge in [-0.1, -0.05) is 5.16 Å². The minimum atomic E-state index is -0.145. The second kappa shape index (κ2) is 5.70. The van der Waals surface area contributed by atoms with Crippen LogP contribution in [0.3, 0.4) is 0 Å². The fourth-order valence-electron chi connectivity index (χ4n) is 1.60. The Morgan fingerprint density at radius 2 is 2.33 bits per heavy atom. The summed E-state index contributed by atoms with van der Waals surface area (Å²) in [5, 5.41) is 3.90. The van der Waals surface area contributed by atoms with Crippen molar-refractivity contribution in [1.82, 2.24) is 15.1 Å². The summed E-state index contributed by atoms with van der Waals surface area (Å²) in [4.78, 5) is 8.47. The van der Waals surface area contributed by atoms with Gasteiger partial charge in [0.2, 0.25) is 11.7 Å². The van der Waals surface area contributed by atoms with Crippen molar-refractivity contribution < 1.29 is 9.26 Å². The van der Waals surface area contributed by atoms with E-state index >= 15 is 0 Å². The first-order valence-electron chi connectivity index (χ1n) is 5.69. The molecule has 0 aliphatic carbocycles. The van der Waals surface area contributed by atoms with Gasteiger partial charge >= 0.3 is 0 Å². The van der Waals surface area contributed by atoms with Gasteiger partial charge in [0.05, 0.1) is 6.61 Å². The zero-order valence-electron chi connectivity index (χ0n) is 10.5. The number of hydrogen-bond donors (Lipinski definition) is 1. The van der Waals surface area contributed by atoms with Crippen molar-refractivity contribution in [2.45, 2.75) is 19.4 Å². The van der Waals surface area contributed by atoms with Crippen molar-refractivity contribution >= 4 is 0 Å². The van der Waals surface area contributed by atoms with E-state index in [9.17, 15) is 0 Å². The zero-order valence-corrected chi connectivity index (χ0v) is 10.5. The molecule has 1 atom stereocenters. The predicted molar refractivity (Wildman–Crippen MR) is 65.8 cm³/mol. The van der Waals surface area contributed by atoms with Crippen molar-refractivity contribution in [2.24, 2.45) is 5.73 Å². The van der Waals surface area contributed by atoms with Crippen LogP contribution in [0.25, 0.3) is 11.5 Å². The summed E-state index contributed by atoms with van der Waals surface area (Å²) in [6.45, 7) is 2.45. The average molecular weight is 248 g/mol. The molecule has 0 saturated carbocycles. The monoisotopic (exact) mass is 248 g/mol. The van der Waals surface area contributed by atoms with E-state index in [1.54, 1.807) is 13.3 Å². The first-order valence-corrected chi connectivity index (χ1v) is 5.69. The van der Waals surface area contributed by atoms with Crippen LogP contribution in [0.5, 0.6) is 0 Å². The number of pyridine rings is 1. The number of aromatic nitrogens is 3. The van der Waals surface area contributed by atoms with Crippen LogP contribution in [0.15, 0.2) is 22.9 Å². The first-order chi connectivity index (χ1) is 8.69. The highest BCUT2D eigenvalue weighted by atomic mass is 16.5. The second-order valence-corrected chi connectivity index (χ2v) is 4.15. The van der Waals surface area contributed by atoms with E-state index in [-0.39, 0.29) is 6.04 Å². The first kappa shape index (κ1) is 12.7. The minimum Gasteiger partial charge on any atom is -0.383 e. The van der Waals surface area contributed by atoms with Crippen LogP contribution in [-0.2, 0) is 11.2 Å². The van der Waals surface area contributed by atoms with Crippen molar-refractivity contribution in [1.29, 1.82) is 0 Å². The average Bonchev–Trinajstić information content (AvgIpc) is 2.78. The number of methoxy groups -OCH3 is 1. The molecule has 0 saturated heterocycles. The smallest absolute Gasteiger partial charge is 0.228 e. The molecule has 6 nitrogen and oxygen atoms in total. The van der Waals surface area contributed by atoms with Gasteiger partial charge < -0.3 is 15.0 Å². The highest BCUT2D eigenvalue weighted by molar-refractivity contribution is 5.48. The molecule has 6 heteroatoms. The third-order valence-electron chi connectivity index (χ3n) is 2.43. The third kappa shape index (κ3) is 3.12. The highest BCUT2D eigenvalue weighted by Gasteiger charge is 2.13. The number of hydrogen-bond acceptors (Lipinski definition) is 6. The summed E-state index contributed by atoms with van der Waals surface area (Å²) in [5.41, 5.74) is 7.62. The molecular formula is C12H16N4O2. The Morgan fingerprint density at radius 3 is 3.06 bits per heavy atom. The van der Waals surface area contributed by atoms with E-state index < -0.39 is 0 Å². The summed E-state index contributed by atoms with van der Waals surface area (Å²) in [6.07, 6.45) is 2.21. The number of ether oxygens (including phenoxy) is 1. The van der Waals surface area contributed by atoms with Crippen LogP contribution in [0.4, 0.5) is 0 Å². The summed E-state index contributed by atoms with van der Waals surface area (Å²) in [6, 6.07) is 3.68. The van der Waals surface area contributed by atoms with Gasteiger partial charge in [0.15, 0.2) is 0 Å². The molecule has 0 amide bonds. The molecule has 2 aromatic rings.